The first-order chi connectivity index (χ1) is 13.1. The highest BCUT2D eigenvalue weighted by molar-refractivity contribution is 6.32. The Morgan fingerprint density at radius 2 is 2.00 bits per heavy atom. The molecule has 0 aliphatic heterocycles. The van der Waals surface area contributed by atoms with Gasteiger partial charge in [0, 0.05) is 0 Å². The van der Waals surface area contributed by atoms with Crippen molar-refractivity contribution in [1.82, 2.24) is 0 Å². The van der Waals surface area contributed by atoms with E-state index >= 15 is 0 Å². The summed E-state index contributed by atoms with van der Waals surface area (Å²) in [6.45, 7) is 6.32. The number of rotatable bonds is 10. The summed E-state index contributed by atoms with van der Waals surface area (Å²) >= 11 is 6.30. The van der Waals surface area contributed by atoms with E-state index in [9.17, 15) is 4.79 Å². The lowest BCUT2D eigenvalue weighted by molar-refractivity contribution is -0.119. The van der Waals surface area contributed by atoms with E-state index in [1.54, 1.807) is 4.90 Å². The van der Waals surface area contributed by atoms with E-state index in [2.05, 4.69) is 37.2 Å². The fraction of sp³-hybridized carbons (Fsp3) is 0.636. The van der Waals surface area contributed by atoms with Crippen molar-refractivity contribution in [3.8, 4) is 0 Å². The summed E-state index contributed by atoms with van der Waals surface area (Å²) < 4.78 is 0. The van der Waals surface area contributed by atoms with Crippen LogP contribution >= 0.6 is 11.6 Å². The molecule has 0 bridgehead atoms. The van der Waals surface area contributed by atoms with Gasteiger partial charge in [0.1, 0.15) is 5.38 Å². The molecule has 1 aromatic rings. The molecule has 0 heterocycles. The highest BCUT2D eigenvalue weighted by Crippen LogP contribution is 2.26. The predicted molar refractivity (Wildman–Crippen MR) is 114 cm³/mol. The van der Waals surface area contributed by atoms with Gasteiger partial charge in [-0.25, -0.2) is 0 Å². The fourth-order valence-corrected chi connectivity index (χ4v) is 3.46. The molecule has 1 saturated carbocycles. The molecule has 1 atom stereocenters. The number of anilines is 1. The van der Waals surface area contributed by atoms with Gasteiger partial charge in [0.05, 0.1) is 11.4 Å². The quantitative estimate of drug-likeness (QED) is 0.285. The second kappa shape index (κ2) is 11.3. The molecule has 1 amide bonds. The van der Waals surface area contributed by atoms with Gasteiger partial charge in [-0.1, -0.05) is 44.5 Å². The van der Waals surface area contributed by atoms with Crippen LogP contribution in [0.1, 0.15) is 76.8 Å². The van der Waals surface area contributed by atoms with Crippen LogP contribution in [0.15, 0.2) is 23.4 Å². The zero-order valence-electron chi connectivity index (χ0n) is 17.0. The minimum Gasteiger partial charge on any atom is -0.373 e. The van der Waals surface area contributed by atoms with Gasteiger partial charge in [0.15, 0.2) is 6.73 Å². The molecule has 4 nitrogen and oxygen atoms in total. The molecule has 1 fully saturated rings. The molecule has 1 aliphatic rings. The highest BCUT2D eigenvalue weighted by atomic mass is 35.5. The van der Waals surface area contributed by atoms with E-state index in [4.69, 9.17) is 16.4 Å². The van der Waals surface area contributed by atoms with Crippen molar-refractivity contribution in [1.29, 1.82) is 0 Å². The van der Waals surface area contributed by atoms with Crippen LogP contribution in [0, 0.1) is 0 Å². The van der Waals surface area contributed by atoms with Crippen molar-refractivity contribution < 1.29 is 9.63 Å². The summed E-state index contributed by atoms with van der Waals surface area (Å²) in [6.07, 6.45) is 9.05. The van der Waals surface area contributed by atoms with Gasteiger partial charge in [-0.05, 0) is 68.6 Å². The third-order valence-electron chi connectivity index (χ3n) is 5.09. The summed E-state index contributed by atoms with van der Waals surface area (Å²) in [4.78, 5) is 20.2. The van der Waals surface area contributed by atoms with Crippen LogP contribution in [0.5, 0.6) is 0 Å². The number of hydrogen-bond donors (Lipinski definition) is 0. The smallest absolute Gasteiger partial charge is 0.247 e. The van der Waals surface area contributed by atoms with E-state index in [1.807, 2.05) is 6.92 Å². The van der Waals surface area contributed by atoms with Crippen molar-refractivity contribution in [2.24, 2.45) is 5.16 Å². The number of carbonyl (C=O) groups is 1. The van der Waals surface area contributed by atoms with Crippen molar-refractivity contribution in [2.75, 3.05) is 11.6 Å². The number of unbranched alkanes of at least 4 members (excludes halogenated alkanes) is 1. The second-order valence-electron chi connectivity index (χ2n) is 7.19. The van der Waals surface area contributed by atoms with Gasteiger partial charge >= 0.3 is 0 Å². The number of aryl methyl sites for hydroxylation is 2. The molecule has 0 saturated heterocycles. The molecule has 0 aromatic heterocycles. The monoisotopic (exact) mass is 392 g/mol. The van der Waals surface area contributed by atoms with Crippen molar-refractivity contribution >= 4 is 28.9 Å². The summed E-state index contributed by atoms with van der Waals surface area (Å²) in [6, 6.07) is 6.41. The maximum Gasteiger partial charge on any atom is 0.247 e. The van der Waals surface area contributed by atoms with E-state index in [0.717, 1.165) is 55.5 Å². The molecule has 1 aromatic carbocycles. The van der Waals surface area contributed by atoms with Crippen LogP contribution in [0.2, 0.25) is 0 Å². The molecule has 0 N–H and O–H groups in total. The molecule has 1 unspecified atom stereocenters. The van der Waals surface area contributed by atoms with E-state index in [0.29, 0.717) is 6.42 Å². The molecule has 0 radical (unpaired) electrons. The Hall–Kier alpha value is -1.55. The van der Waals surface area contributed by atoms with Gasteiger partial charge in [0.25, 0.3) is 0 Å². The predicted octanol–water partition coefficient (Wildman–Crippen LogP) is 5.85. The molecular weight excluding hydrogens is 360 g/mol. The Bertz CT molecular complexity index is 637. The van der Waals surface area contributed by atoms with Crippen molar-refractivity contribution in [2.45, 2.75) is 83.9 Å². The minimum atomic E-state index is -0.559. The highest BCUT2D eigenvalue weighted by Gasteiger charge is 2.25. The molecule has 5 heteroatoms. The number of oxime groups is 1. The lowest BCUT2D eigenvalue weighted by Crippen LogP contribution is -2.38. The maximum absolute atomic E-state index is 13.0. The lowest BCUT2D eigenvalue weighted by atomic mass is 10.0. The van der Waals surface area contributed by atoms with Crippen LogP contribution in [0.25, 0.3) is 0 Å². The molecular formula is C22H33ClN2O2. The number of hydrogen-bond acceptors (Lipinski definition) is 3. The summed E-state index contributed by atoms with van der Waals surface area (Å²) in [5, 5.41) is 3.70. The van der Waals surface area contributed by atoms with Crippen molar-refractivity contribution in [3.63, 3.8) is 0 Å². The lowest BCUT2D eigenvalue weighted by Gasteiger charge is -2.26. The normalized spacial score (nSPS) is 14.9. The number of amides is 1. The van der Waals surface area contributed by atoms with Crippen LogP contribution in [-0.2, 0) is 22.5 Å². The van der Waals surface area contributed by atoms with Gasteiger partial charge in [-0.2, -0.15) is 0 Å². The third-order valence-corrected chi connectivity index (χ3v) is 5.59. The molecule has 2 rings (SSSR count). The van der Waals surface area contributed by atoms with Crippen LogP contribution in [0.4, 0.5) is 5.69 Å². The Balaban J connectivity index is 2.26. The maximum atomic E-state index is 13.0. The average Bonchev–Trinajstić information content (AvgIpc) is 3.22. The topological polar surface area (TPSA) is 41.9 Å². The second-order valence-corrected chi connectivity index (χ2v) is 7.71. The SMILES string of the molecule is CCCCc1ccc(CC)c(N(CON=C2CCCC2)C(=O)C(Cl)CC)c1. The Kier molecular flexibility index (Phi) is 9.12. The number of nitrogens with zero attached hydrogens (tertiary/aromatic N) is 2. The number of carbonyl (C=O) groups excluding carboxylic acids is 1. The van der Waals surface area contributed by atoms with Gasteiger partial charge in [-0.15, -0.1) is 11.6 Å². The summed E-state index contributed by atoms with van der Waals surface area (Å²) in [7, 11) is 0. The van der Waals surface area contributed by atoms with Crippen molar-refractivity contribution in [3.05, 3.63) is 29.3 Å². The summed E-state index contributed by atoms with van der Waals surface area (Å²) in [5.74, 6) is -0.117. The third kappa shape index (κ3) is 6.24. The van der Waals surface area contributed by atoms with E-state index < -0.39 is 5.38 Å². The number of halogens is 1. The number of benzene rings is 1. The first-order valence-electron chi connectivity index (χ1n) is 10.4. The van der Waals surface area contributed by atoms with E-state index in [1.165, 1.54) is 18.4 Å². The average molecular weight is 393 g/mol. The fourth-order valence-electron chi connectivity index (χ4n) is 3.34. The first kappa shape index (κ1) is 21.7. The summed E-state index contributed by atoms with van der Waals surface area (Å²) in [5.41, 5.74) is 4.36. The largest absolute Gasteiger partial charge is 0.373 e. The Morgan fingerprint density at radius 1 is 1.26 bits per heavy atom. The Morgan fingerprint density at radius 3 is 2.63 bits per heavy atom. The van der Waals surface area contributed by atoms with Gasteiger partial charge in [-0.3, -0.25) is 9.69 Å². The molecule has 1 aliphatic carbocycles. The number of alkyl halides is 1. The minimum absolute atomic E-state index is 0.107. The van der Waals surface area contributed by atoms with E-state index in [-0.39, 0.29) is 12.6 Å². The zero-order chi connectivity index (χ0) is 19.6. The van der Waals surface area contributed by atoms with Crippen LogP contribution in [0.3, 0.4) is 0 Å². The van der Waals surface area contributed by atoms with Gasteiger partial charge in [0.2, 0.25) is 5.91 Å². The first-order valence-corrected chi connectivity index (χ1v) is 10.8. The standard InChI is InChI=1S/C22H33ClN2O2/c1-4-7-10-17-13-14-18(5-2)21(15-17)25(22(26)20(23)6-3)16-27-24-19-11-8-9-12-19/h13-15,20H,4-12,16H2,1-3H3. The van der Waals surface area contributed by atoms with Crippen LogP contribution in [-0.4, -0.2) is 23.7 Å². The van der Waals surface area contributed by atoms with Crippen LogP contribution < -0.4 is 4.90 Å². The Labute approximate surface area is 168 Å². The molecule has 150 valence electrons. The molecule has 27 heavy (non-hydrogen) atoms. The zero-order valence-corrected chi connectivity index (χ0v) is 17.7. The van der Waals surface area contributed by atoms with Gasteiger partial charge < -0.3 is 4.84 Å². The molecule has 0 spiro atoms.